The van der Waals surface area contributed by atoms with E-state index >= 15 is 0 Å². The van der Waals surface area contributed by atoms with Gasteiger partial charge in [-0.3, -0.25) is 0 Å². The highest BCUT2D eigenvalue weighted by atomic mass is 32.2. The number of nitrogens with zero attached hydrogens (tertiary/aromatic N) is 1. The highest BCUT2D eigenvalue weighted by Gasteiger charge is 2.24. The van der Waals surface area contributed by atoms with Crippen LogP contribution in [0.4, 0.5) is 10.5 Å². The van der Waals surface area contributed by atoms with Crippen molar-refractivity contribution in [3.8, 4) is 0 Å². The maximum absolute atomic E-state index is 12.6. The van der Waals surface area contributed by atoms with Gasteiger partial charge in [-0.1, -0.05) is 31.4 Å². The molecule has 1 saturated carbocycles. The SMILES string of the molecule is C=CCN(C(=O)Nc1cccc(SC)c1)C1CCCCC1. The van der Waals surface area contributed by atoms with Crippen LogP contribution < -0.4 is 5.32 Å². The number of amides is 2. The van der Waals surface area contributed by atoms with Gasteiger partial charge in [-0.2, -0.15) is 0 Å². The van der Waals surface area contributed by atoms with E-state index in [1.165, 1.54) is 19.3 Å². The Morgan fingerprint density at radius 2 is 2.19 bits per heavy atom. The molecule has 4 heteroatoms. The van der Waals surface area contributed by atoms with Gasteiger partial charge in [0.2, 0.25) is 0 Å². The fourth-order valence-corrected chi connectivity index (χ4v) is 3.29. The molecule has 0 aliphatic heterocycles. The van der Waals surface area contributed by atoms with E-state index < -0.39 is 0 Å². The van der Waals surface area contributed by atoms with E-state index in [1.54, 1.807) is 11.8 Å². The van der Waals surface area contributed by atoms with E-state index in [0.29, 0.717) is 12.6 Å². The topological polar surface area (TPSA) is 32.3 Å². The van der Waals surface area contributed by atoms with Gasteiger partial charge >= 0.3 is 6.03 Å². The molecule has 114 valence electrons. The van der Waals surface area contributed by atoms with Crippen LogP contribution in [0.5, 0.6) is 0 Å². The average molecular weight is 304 g/mol. The van der Waals surface area contributed by atoms with E-state index in [0.717, 1.165) is 23.4 Å². The zero-order valence-corrected chi connectivity index (χ0v) is 13.5. The third-order valence-electron chi connectivity index (χ3n) is 3.92. The summed E-state index contributed by atoms with van der Waals surface area (Å²) in [5, 5.41) is 3.02. The van der Waals surface area contributed by atoms with E-state index in [4.69, 9.17) is 0 Å². The number of nitrogens with one attached hydrogen (secondary N) is 1. The second-order valence-electron chi connectivity index (χ2n) is 5.39. The van der Waals surface area contributed by atoms with Gasteiger partial charge in [0.1, 0.15) is 0 Å². The number of hydrogen-bond donors (Lipinski definition) is 1. The Labute approximate surface area is 131 Å². The molecule has 3 nitrogen and oxygen atoms in total. The highest BCUT2D eigenvalue weighted by Crippen LogP contribution is 2.24. The maximum atomic E-state index is 12.6. The van der Waals surface area contributed by atoms with Crippen LogP contribution in [-0.4, -0.2) is 29.8 Å². The lowest BCUT2D eigenvalue weighted by atomic mass is 9.94. The number of benzene rings is 1. The molecule has 0 spiro atoms. The summed E-state index contributed by atoms with van der Waals surface area (Å²) in [5.74, 6) is 0. The lowest BCUT2D eigenvalue weighted by Gasteiger charge is -2.33. The Hall–Kier alpha value is -1.42. The molecule has 1 N–H and O–H groups in total. The number of urea groups is 1. The van der Waals surface area contributed by atoms with Gasteiger partial charge in [-0.05, 0) is 37.3 Å². The summed E-state index contributed by atoms with van der Waals surface area (Å²) in [6.45, 7) is 4.40. The minimum atomic E-state index is -0.0138. The first-order valence-electron chi connectivity index (χ1n) is 7.57. The molecule has 0 saturated heterocycles. The zero-order chi connectivity index (χ0) is 15.1. The van der Waals surface area contributed by atoms with Gasteiger partial charge in [-0.15, -0.1) is 18.3 Å². The van der Waals surface area contributed by atoms with Crippen LogP contribution in [0.15, 0.2) is 41.8 Å². The van der Waals surface area contributed by atoms with Crippen LogP contribution in [0.2, 0.25) is 0 Å². The minimum Gasteiger partial charge on any atom is -0.318 e. The molecular weight excluding hydrogens is 280 g/mol. The van der Waals surface area contributed by atoms with Crippen molar-refractivity contribution in [2.75, 3.05) is 18.1 Å². The molecule has 1 aromatic carbocycles. The van der Waals surface area contributed by atoms with Gasteiger partial charge in [0.15, 0.2) is 0 Å². The molecule has 2 rings (SSSR count). The normalized spacial score (nSPS) is 15.5. The summed E-state index contributed by atoms with van der Waals surface area (Å²) in [6.07, 6.45) is 9.77. The lowest BCUT2D eigenvalue weighted by molar-refractivity contribution is 0.176. The summed E-state index contributed by atoms with van der Waals surface area (Å²) in [6, 6.07) is 8.30. The zero-order valence-electron chi connectivity index (χ0n) is 12.7. The van der Waals surface area contributed by atoms with Crippen molar-refractivity contribution in [1.82, 2.24) is 4.90 Å². The second kappa shape index (κ2) is 8.13. The number of anilines is 1. The highest BCUT2D eigenvalue weighted by molar-refractivity contribution is 7.98. The van der Waals surface area contributed by atoms with Crippen molar-refractivity contribution in [1.29, 1.82) is 0 Å². The quantitative estimate of drug-likeness (QED) is 0.628. The summed E-state index contributed by atoms with van der Waals surface area (Å²) >= 11 is 1.68. The monoisotopic (exact) mass is 304 g/mol. The van der Waals surface area contributed by atoms with E-state index in [2.05, 4.69) is 11.9 Å². The molecule has 21 heavy (non-hydrogen) atoms. The molecule has 1 aliphatic carbocycles. The third-order valence-corrected chi connectivity index (χ3v) is 4.65. The summed E-state index contributed by atoms with van der Waals surface area (Å²) in [4.78, 5) is 15.6. The van der Waals surface area contributed by atoms with Gasteiger partial charge in [0.25, 0.3) is 0 Å². The Balaban J connectivity index is 2.04. The van der Waals surface area contributed by atoms with Gasteiger partial charge < -0.3 is 10.2 Å². The van der Waals surface area contributed by atoms with E-state index in [1.807, 2.05) is 41.5 Å². The molecule has 0 radical (unpaired) electrons. The first-order valence-corrected chi connectivity index (χ1v) is 8.79. The molecule has 1 fully saturated rings. The van der Waals surface area contributed by atoms with E-state index in [9.17, 15) is 4.79 Å². The van der Waals surface area contributed by atoms with Crippen molar-refractivity contribution in [2.24, 2.45) is 0 Å². The summed E-state index contributed by atoms with van der Waals surface area (Å²) < 4.78 is 0. The smallest absolute Gasteiger partial charge is 0.318 e. The maximum Gasteiger partial charge on any atom is 0.322 e. The van der Waals surface area contributed by atoms with Crippen LogP contribution in [-0.2, 0) is 0 Å². The van der Waals surface area contributed by atoms with Crippen molar-refractivity contribution >= 4 is 23.5 Å². The van der Waals surface area contributed by atoms with E-state index in [-0.39, 0.29) is 6.03 Å². The number of rotatable bonds is 5. The van der Waals surface area contributed by atoms with Gasteiger partial charge in [0.05, 0.1) is 0 Å². The molecule has 1 aromatic rings. The number of carbonyl (C=O) groups is 1. The van der Waals surface area contributed by atoms with Crippen LogP contribution in [0.1, 0.15) is 32.1 Å². The number of hydrogen-bond acceptors (Lipinski definition) is 2. The largest absolute Gasteiger partial charge is 0.322 e. The molecule has 2 amide bonds. The van der Waals surface area contributed by atoms with Crippen LogP contribution >= 0.6 is 11.8 Å². The Morgan fingerprint density at radius 1 is 1.43 bits per heavy atom. The van der Waals surface area contributed by atoms with Crippen molar-refractivity contribution < 1.29 is 4.79 Å². The van der Waals surface area contributed by atoms with Crippen LogP contribution in [0.25, 0.3) is 0 Å². The van der Waals surface area contributed by atoms with Crippen molar-refractivity contribution in [3.05, 3.63) is 36.9 Å². The lowest BCUT2D eigenvalue weighted by Crippen LogP contribution is -2.43. The summed E-state index contributed by atoms with van der Waals surface area (Å²) in [5.41, 5.74) is 0.858. The fraction of sp³-hybridized carbons (Fsp3) is 0.471. The fourth-order valence-electron chi connectivity index (χ4n) is 2.83. The second-order valence-corrected chi connectivity index (χ2v) is 6.27. The first-order chi connectivity index (χ1) is 10.2. The standard InChI is InChI=1S/C17H24N2OS/c1-3-12-19(15-9-5-4-6-10-15)17(20)18-14-8-7-11-16(13-14)21-2/h3,7-8,11,13,15H,1,4-6,9-10,12H2,2H3,(H,18,20). The van der Waals surface area contributed by atoms with Crippen molar-refractivity contribution in [2.45, 2.75) is 43.0 Å². The molecule has 0 aromatic heterocycles. The van der Waals surface area contributed by atoms with Crippen molar-refractivity contribution in [3.63, 3.8) is 0 Å². The molecular formula is C17H24N2OS. The van der Waals surface area contributed by atoms with Gasteiger partial charge in [-0.25, -0.2) is 4.79 Å². The Morgan fingerprint density at radius 3 is 2.86 bits per heavy atom. The Kier molecular flexibility index (Phi) is 6.18. The minimum absolute atomic E-state index is 0.0138. The molecule has 1 aliphatic rings. The Bertz CT molecular complexity index is 483. The number of thioether (sulfide) groups is 1. The molecule has 0 atom stereocenters. The third kappa shape index (κ3) is 4.53. The molecule has 0 unspecified atom stereocenters. The number of carbonyl (C=O) groups excluding carboxylic acids is 1. The predicted molar refractivity (Wildman–Crippen MR) is 91.0 cm³/mol. The average Bonchev–Trinajstić information content (AvgIpc) is 2.53. The molecule has 0 heterocycles. The summed E-state index contributed by atoms with van der Waals surface area (Å²) in [7, 11) is 0. The predicted octanol–water partition coefficient (Wildman–Crippen LogP) is 4.76. The first kappa shape index (κ1) is 16.0. The van der Waals surface area contributed by atoms with Crippen LogP contribution in [0.3, 0.4) is 0 Å². The van der Waals surface area contributed by atoms with Crippen LogP contribution in [0, 0.1) is 0 Å². The van der Waals surface area contributed by atoms with Gasteiger partial charge in [0, 0.05) is 23.2 Å². The molecule has 0 bridgehead atoms.